The molecule has 3 radical (unpaired) electrons. The minimum Gasteiger partial charge on any atom is -0.358 e. The van der Waals surface area contributed by atoms with Crippen LogP contribution in [-0.2, 0) is 19.5 Å². The van der Waals surface area contributed by atoms with Gasteiger partial charge in [-0.15, -0.1) is 0 Å². The van der Waals surface area contributed by atoms with E-state index in [0.29, 0.717) is 0 Å². The maximum atomic E-state index is 0. The van der Waals surface area contributed by atoms with Gasteiger partial charge in [0, 0.05) is 36.8 Å². The molecule has 0 aliphatic heterocycles. The van der Waals surface area contributed by atoms with Gasteiger partial charge < -0.3 is 22.3 Å². The Labute approximate surface area is 59.2 Å². The van der Waals surface area contributed by atoms with Crippen molar-refractivity contribution in [3.8, 4) is 0 Å². The normalized spacial score (nSPS) is 0. The number of rotatable bonds is 0. The molecule has 0 atom stereocenters. The summed E-state index contributed by atoms with van der Waals surface area (Å²) >= 11 is 0. The van der Waals surface area contributed by atoms with Crippen LogP contribution in [-0.4, -0.2) is 17.4 Å². The van der Waals surface area contributed by atoms with Crippen LogP contribution in [0.2, 0.25) is 0 Å². The Bertz CT molecular complexity index is 6.85. The SMILES string of the molecule is [Al].[CH3-].[CH3-].[CH3-].[Zn]. The summed E-state index contributed by atoms with van der Waals surface area (Å²) < 4.78 is 0. The first kappa shape index (κ1) is 122. The molecule has 0 aliphatic rings. The Hall–Kier alpha value is 1.16. The molecule has 2 heteroatoms. The molecule has 0 saturated carbocycles. The van der Waals surface area contributed by atoms with Crippen molar-refractivity contribution in [1.82, 2.24) is 0 Å². The molecule has 0 fully saturated rings. The predicted molar refractivity (Wildman–Crippen MR) is 25.0 cm³/mol. The average Bonchev–Trinajstić information content (AvgIpc) is 0. The standard InChI is InChI=1S/3CH3.Al.Zn/h3*1H3;;/q3*-1;;. The first-order valence-corrected chi connectivity index (χ1v) is 0. The van der Waals surface area contributed by atoms with Crippen LogP contribution in [0.15, 0.2) is 0 Å². The summed E-state index contributed by atoms with van der Waals surface area (Å²) in [7, 11) is 0. The van der Waals surface area contributed by atoms with E-state index in [2.05, 4.69) is 0 Å². The largest absolute Gasteiger partial charge is 0.358 e. The quantitative estimate of drug-likeness (QED) is 0.345. The smallest absolute Gasteiger partial charge is 0 e. The van der Waals surface area contributed by atoms with Crippen LogP contribution >= 0.6 is 0 Å². The Morgan fingerprint density at radius 2 is 0.600 bits per heavy atom. The fraction of sp³-hybridized carbons (Fsp3) is 0. The molecule has 29 valence electrons. The zero-order valence-electron chi connectivity index (χ0n) is 4.28. The van der Waals surface area contributed by atoms with Gasteiger partial charge in [-0.25, -0.2) is 0 Å². The molecule has 0 aromatic rings. The van der Waals surface area contributed by atoms with Gasteiger partial charge in [0.1, 0.15) is 0 Å². The first-order valence-electron chi connectivity index (χ1n) is 0. The van der Waals surface area contributed by atoms with Crippen LogP contribution in [0.25, 0.3) is 0 Å². The number of hydrogen-bond donors (Lipinski definition) is 0. The first-order chi connectivity index (χ1) is 0. The van der Waals surface area contributed by atoms with E-state index in [9.17, 15) is 0 Å². The Kier molecular flexibility index (Phi) is 1630. The maximum absolute atomic E-state index is 0. The molecule has 0 spiro atoms. The van der Waals surface area contributed by atoms with Gasteiger partial charge in [0.05, 0.1) is 0 Å². The van der Waals surface area contributed by atoms with Crippen molar-refractivity contribution >= 4 is 17.4 Å². The predicted octanol–water partition coefficient (Wildman–Crippen LogP) is 0.968. The second-order valence-corrected chi connectivity index (χ2v) is 0. The second kappa shape index (κ2) is 66.7. The molecular formula is C3H9AlZn-3. The van der Waals surface area contributed by atoms with Gasteiger partial charge >= 0.3 is 0 Å². The minimum absolute atomic E-state index is 0. The molecule has 0 unspecified atom stereocenters. The van der Waals surface area contributed by atoms with Crippen LogP contribution in [0, 0.1) is 22.3 Å². The fourth-order valence-electron chi connectivity index (χ4n) is 0. The molecule has 0 aliphatic carbocycles. The molecule has 0 bridgehead atoms. The summed E-state index contributed by atoms with van der Waals surface area (Å²) in [6.07, 6.45) is 0. The Balaban J connectivity index is 0. The van der Waals surface area contributed by atoms with E-state index in [1.165, 1.54) is 0 Å². The Morgan fingerprint density at radius 3 is 0.600 bits per heavy atom. The van der Waals surface area contributed by atoms with Crippen LogP contribution in [0.5, 0.6) is 0 Å². The maximum Gasteiger partial charge on any atom is 0 e. The molecule has 0 rings (SSSR count). The molecule has 0 amide bonds. The van der Waals surface area contributed by atoms with Crippen LogP contribution in [0.4, 0.5) is 0 Å². The Morgan fingerprint density at radius 1 is 0.600 bits per heavy atom. The van der Waals surface area contributed by atoms with Crippen molar-refractivity contribution in [2.24, 2.45) is 0 Å². The monoisotopic (exact) mass is 136 g/mol. The van der Waals surface area contributed by atoms with Crippen LogP contribution < -0.4 is 0 Å². The van der Waals surface area contributed by atoms with Gasteiger partial charge in [-0.1, -0.05) is 0 Å². The van der Waals surface area contributed by atoms with E-state index in [-0.39, 0.29) is 59.1 Å². The molecular weight excluding hydrogens is 128 g/mol. The molecule has 0 aromatic carbocycles. The zero-order valence-corrected chi connectivity index (χ0v) is 8.41. The molecule has 0 saturated heterocycles. The van der Waals surface area contributed by atoms with E-state index in [0.717, 1.165) is 0 Å². The summed E-state index contributed by atoms with van der Waals surface area (Å²) in [6.45, 7) is 0. The van der Waals surface area contributed by atoms with E-state index in [1.54, 1.807) is 0 Å². The fourth-order valence-corrected chi connectivity index (χ4v) is 0. The van der Waals surface area contributed by atoms with Crippen molar-refractivity contribution in [3.63, 3.8) is 0 Å². The number of hydrogen-bond acceptors (Lipinski definition) is 0. The summed E-state index contributed by atoms with van der Waals surface area (Å²) in [6, 6.07) is 0. The van der Waals surface area contributed by atoms with E-state index < -0.39 is 0 Å². The van der Waals surface area contributed by atoms with Gasteiger partial charge in [-0.05, 0) is 0 Å². The second-order valence-electron chi connectivity index (χ2n) is 0. The summed E-state index contributed by atoms with van der Waals surface area (Å²) in [5.74, 6) is 0. The van der Waals surface area contributed by atoms with Crippen molar-refractivity contribution in [2.45, 2.75) is 0 Å². The van der Waals surface area contributed by atoms with E-state index in [1.807, 2.05) is 0 Å². The third kappa shape index (κ3) is 38.4. The molecule has 0 nitrogen and oxygen atoms in total. The van der Waals surface area contributed by atoms with E-state index in [4.69, 9.17) is 0 Å². The van der Waals surface area contributed by atoms with E-state index >= 15 is 0 Å². The van der Waals surface area contributed by atoms with Crippen LogP contribution in [0.1, 0.15) is 0 Å². The summed E-state index contributed by atoms with van der Waals surface area (Å²) in [4.78, 5) is 0. The van der Waals surface area contributed by atoms with Gasteiger partial charge in [0.2, 0.25) is 0 Å². The molecule has 0 heterocycles. The topological polar surface area (TPSA) is 0 Å². The third-order valence-corrected chi connectivity index (χ3v) is 0. The molecule has 0 aromatic heterocycles. The minimum atomic E-state index is 0. The third-order valence-electron chi connectivity index (χ3n) is 0. The summed E-state index contributed by atoms with van der Waals surface area (Å²) in [5.41, 5.74) is 0. The van der Waals surface area contributed by atoms with Gasteiger partial charge in [-0.2, -0.15) is 0 Å². The zero-order chi connectivity index (χ0) is 0. The van der Waals surface area contributed by atoms with Crippen molar-refractivity contribution in [3.05, 3.63) is 22.3 Å². The van der Waals surface area contributed by atoms with Gasteiger partial charge in [0.25, 0.3) is 0 Å². The van der Waals surface area contributed by atoms with Gasteiger partial charge in [-0.3, -0.25) is 0 Å². The summed E-state index contributed by atoms with van der Waals surface area (Å²) in [5, 5.41) is 0. The molecule has 5 heavy (non-hydrogen) atoms. The van der Waals surface area contributed by atoms with Crippen molar-refractivity contribution < 1.29 is 19.5 Å². The van der Waals surface area contributed by atoms with Gasteiger partial charge in [0.15, 0.2) is 0 Å². The average molecular weight is 137 g/mol. The van der Waals surface area contributed by atoms with Crippen molar-refractivity contribution in [1.29, 1.82) is 0 Å². The van der Waals surface area contributed by atoms with Crippen molar-refractivity contribution in [2.75, 3.05) is 0 Å². The van der Waals surface area contributed by atoms with Crippen LogP contribution in [0.3, 0.4) is 0 Å². The molecule has 0 N–H and O–H groups in total.